The first-order valence-electron chi connectivity index (χ1n) is 9.24. The number of hydrogen-bond acceptors (Lipinski definition) is 4. The summed E-state index contributed by atoms with van der Waals surface area (Å²) in [6, 6.07) is 5.21. The lowest BCUT2D eigenvalue weighted by molar-refractivity contribution is 0.0695. The van der Waals surface area contributed by atoms with E-state index in [-0.39, 0.29) is 17.9 Å². The van der Waals surface area contributed by atoms with Gasteiger partial charge in [0, 0.05) is 29.7 Å². The Hall–Kier alpha value is -1.70. The fourth-order valence-corrected chi connectivity index (χ4v) is 3.82. The molecule has 0 atom stereocenters. The molecule has 0 radical (unpaired) electrons. The van der Waals surface area contributed by atoms with E-state index < -0.39 is 5.60 Å². The molecule has 1 aromatic carbocycles. The van der Waals surface area contributed by atoms with Crippen molar-refractivity contribution in [2.75, 3.05) is 5.32 Å². The fraction of sp³-hybridized carbons (Fsp3) is 0.500. The number of benzene rings is 1. The van der Waals surface area contributed by atoms with Crippen molar-refractivity contribution in [3.8, 4) is 0 Å². The molecule has 2 rings (SSSR count). The second kappa shape index (κ2) is 8.76. The minimum Gasteiger partial charge on any atom is -0.384 e. The van der Waals surface area contributed by atoms with Gasteiger partial charge in [0.05, 0.1) is 5.69 Å². The largest absolute Gasteiger partial charge is 0.384 e. The van der Waals surface area contributed by atoms with Gasteiger partial charge >= 0.3 is 6.03 Å². The van der Waals surface area contributed by atoms with Gasteiger partial charge in [0.1, 0.15) is 10.6 Å². The van der Waals surface area contributed by atoms with Crippen molar-refractivity contribution in [3.05, 3.63) is 40.0 Å². The summed E-state index contributed by atoms with van der Waals surface area (Å²) < 4.78 is 4.37. The van der Waals surface area contributed by atoms with Crippen LogP contribution in [0.1, 0.15) is 70.2 Å². The number of carbonyl (C=O) groups excluding carboxylic acids is 1. The van der Waals surface area contributed by atoms with E-state index >= 15 is 0 Å². The van der Waals surface area contributed by atoms with Crippen LogP contribution in [0, 0.1) is 0 Å². The van der Waals surface area contributed by atoms with E-state index in [2.05, 4.69) is 42.8 Å². The lowest BCUT2D eigenvalue weighted by Gasteiger charge is -2.21. The molecule has 1 heterocycles. The molecule has 0 spiro atoms. The molecule has 0 saturated carbocycles. The fourth-order valence-electron chi connectivity index (χ4n) is 3.01. The number of aryl methyl sites for hydroxylation is 1. The Balaban J connectivity index is 2.18. The molecule has 1 aromatic heterocycles. The Bertz CT molecular complexity index is 827. The smallest absolute Gasteiger partial charge is 0.329 e. The third-order valence-electron chi connectivity index (χ3n) is 4.38. The Morgan fingerprint density at radius 3 is 2.14 bits per heavy atom. The van der Waals surface area contributed by atoms with E-state index in [0.717, 1.165) is 28.8 Å². The topological polar surface area (TPSA) is 79.2 Å². The summed E-state index contributed by atoms with van der Waals surface area (Å²) in [6.45, 7) is 11.7. The highest BCUT2D eigenvalue weighted by atomic mass is 35.5. The molecule has 0 aliphatic heterocycles. The van der Waals surface area contributed by atoms with E-state index in [0.29, 0.717) is 15.7 Å². The molecule has 154 valence electrons. The summed E-state index contributed by atoms with van der Waals surface area (Å²) in [5.41, 5.74) is 2.45. The molecule has 0 unspecified atom stereocenters. The van der Waals surface area contributed by atoms with E-state index in [1.54, 1.807) is 31.6 Å². The van der Waals surface area contributed by atoms with Gasteiger partial charge in [-0.1, -0.05) is 39.3 Å². The number of nitrogens with one attached hydrogen (secondary N) is 2. The van der Waals surface area contributed by atoms with Gasteiger partial charge in [0.25, 0.3) is 0 Å². The number of amides is 2. The summed E-state index contributed by atoms with van der Waals surface area (Å²) in [5, 5.41) is 18.7. The van der Waals surface area contributed by atoms with Crippen LogP contribution in [0.5, 0.6) is 0 Å². The van der Waals surface area contributed by atoms with E-state index in [4.69, 9.17) is 11.6 Å². The Morgan fingerprint density at radius 2 is 1.71 bits per heavy atom. The molecule has 28 heavy (non-hydrogen) atoms. The van der Waals surface area contributed by atoms with Crippen LogP contribution in [-0.2, 0) is 12.6 Å². The van der Waals surface area contributed by atoms with Crippen molar-refractivity contribution in [2.45, 2.75) is 64.0 Å². The maximum absolute atomic E-state index is 12.5. The molecule has 0 aliphatic carbocycles. The van der Waals surface area contributed by atoms with Crippen molar-refractivity contribution in [3.63, 3.8) is 0 Å². The predicted molar refractivity (Wildman–Crippen MR) is 116 cm³/mol. The summed E-state index contributed by atoms with van der Waals surface area (Å²) in [4.78, 5) is 12.5. The van der Waals surface area contributed by atoms with Crippen LogP contribution in [0.2, 0.25) is 5.02 Å². The molecule has 8 heteroatoms. The molecule has 0 aliphatic rings. The van der Waals surface area contributed by atoms with Crippen LogP contribution in [0.4, 0.5) is 10.5 Å². The van der Waals surface area contributed by atoms with Gasteiger partial charge in [-0.3, -0.25) is 9.40 Å². The van der Waals surface area contributed by atoms with Crippen molar-refractivity contribution >= 4 is 35.3 Å². The zero-order valence-electron chi connectivity index (χ0n) is 17.4. The van der Waals surface area contributed by atoms with E-state index in [1.165, 1.54) is 0 Å². The van der Waals surface area contributed by atoms with Gasteiger partial charge in [-0.25, -0.2) is 4.79 Å². The minimum atomic E-state index is -1.01. The second-order valence-electron chi connectivity index (χ2n) is 7.98. The number of anilines is 1. The predicted octanol–water partition coefficient (Wildman–Crippen LogP) is 5.38. The number of aliphatic hydroxyl groups is 1. The molecule has 0 bridgehead atoms. The maximum atomic E-state index is 12.5. The van der Waals surface area contributed by atoms with Crippen LogP contribution in [0.25, 0.3) is 0 Å². The molecular formula is C20H29ClN4O2S. The number of carbonyl (C=O) groups is 1. The monoisotopic (exact) mass is 424 g/mol. The molecule has 2 aromatic rings. The number of urea groups is 1. The Kier molecular flexibility index (Phi) is 7.07. The zero-order chi connectivity index (χ0) is 21.2. The van der Waals surface area contributed by atoms with Gasteiger partial charge < -0.3 is 10.4 Å². The number of halogens is 1. The van der Waals surface area contributed by atoms with Crippen molar-refractivity contribution < 1.29 is 9.90 Å². The average molecular weight is 425 g/mol. The van der Waals surface area contributed by atoms with E-state index in [9.17, 15) is 9.90 Å². The molecule has 0 fully saturated rings. The summed E-state index contributed by atoms with van der Waals surface area (Å²) in [7, 11) is 1.76. The second-order valence-corrected chi connectivity index (χ2v) is 9.24. The first-order valence-corrected chi connectivity index (χ1v) is 10.4. The number of hydrogen-bond donors (Lipinski definition) is 3. The third kappa shape index (κ3) is 5.43. The lowest BCUT2D eigenvalue weighted by Crippen LogP contribution is -2.24. The quantitative estimate of drug-likeness (QED) is 0.544. The van der Waals surface area contributed by atoms with Crippen LogP contribution < -0.4 is 10.0 Å². The standard InChI is InChI=1S/C20H29ClN4O2S/c1-11(2)14-8-13(21)9-15(12(3)4)18(14)22-19(26)24-28-17-10-16(20(5,6)27)25(7)23-17/h8-12,27H,1-7H3,(H2,22,24,26). The average Bonchev–Trinajstić information content (AvgIpc) is 2.95. The number of rotatable bonds is 6. The molecule has 3 N–H and O–H groups in total. The van der Waals surface area contributed by atoms with Crippen LogP contribution in [-0.4, -0.2) is 20.9 Å². The third-order valence-corrected chi connectivity index (χ3v) is 5.29. The first kappa shape index (κ1) is 22.6. The van der Waals surface area contributed by atoms with E-state index in [1.807, 2.05) is 12.1 Å². The van der Waals surface area contributed by atoms with Gasteiger partial charge in [0.2, 0.25) is 0 Å². The van der Waals surface area contributed by atoms with Gasteiger partial charge in [-0.2, -0.15) is 5.10 Å². The van der Waals surface area contributed by atoms with Crippen LogP contribution in [0.3, 0.4) is 0 Å². The van der Waals surface area contributed by atoms with Gasteiger partial charge in [-0.05, 0) is 55.0 Å². The summed E-state index contributed by atoms with van der Waals surface area (Å²) in [5.74, 6) is 0.425. The SMILES string of the molecule is CC(C)c1cc(Cl)cc(C(C)C)c1NC(=O)NSc1cc(C(C)(C)O)n(C)n1. The van der Waals surface area contributed by atoms with Crippen molar-refractivity contribution in [1.82, 2.24) is 14.5 Å². The van der Waals surface area contributed by atoms with Crippen molar-refractivity contribution in [1.29, 1.82) is 0 Å². The molecule has 6 nitrogen and oxygen atoms in total. The first-order chi connectivity index (χ1) is 12.9. The normalized spacial score (nSPS) is 12.0. The Labute approximate surface area is 176 Å². The van der Waals surface area contributed by atoms with Crippen LogP contribution >= 0.6 is 23.5 Å². The number of nitrogens with zero attached hydrogens (tertiary/aromatic N) is 2. The lowest BCUT2D eigenvalue weighted by atomic mass is 9.92. The summed E-state index contributed by atoms with van der Waals surface area (Å²) >= 11 is 7.38. The highest BCUT2D eigenvalue weighted by Crippen LogP contribution is 2.35. The van der Waals surface area contributed by atoms with Gasteiger partial charge in [-0.15, -0.1) is 0 Å². The van der Waals surface area contributed by atoms with Gasteiger partial charge in [0.15, 0.2) is 0 Å². The number of aromatic nitrogens is 2. The summed E-state index contributed by atoms with van der Waals surface area (Å²) in [6.07, 6.45) is 0. The maximum Gasteiger partial charge on any atom is 0.329 e. The highest BCUT2D eigenvalue weighted by Gasteiger charge is 2.22. The van der Waals surface area contributed by atoms with Crippen LogP contribution in [0.15, 0.2) is 23.2 Å². The minimum absolute atomic E-state index is 0.212. The zero-order valence-corrected chi connectivity index (χ0v) is 19.0. The van der Waals surface area contributed by atoms with Crippen molar-refractivity contribution in [2.24, 2.45) is 7.05 Å². The molecule has 2 amide bonds. The molecule has 0 saturated heterocycles. The highest BCUT2D eigenvalue weighted by molar-refractivity contribution is 7.97. The molecular weight excluding hydrogens is 396 g/mol. The Morgan fingerprint density at radius 1 is 1.18 bits per heavy atom.